The second-order valence-electron chi connectivity index (χ2n) is 6.41. The molecule has 0 saturated heterocycles. The molecule has 1 fully saturated rings. The van der Waals surface area contributed by atoms with Crippen LogP contribution in [0, 0.1) is 10.8 Å². The molecule has 0 bridgehead atoms. The second-order valence-corrected chi connectivity index (χ2v) is 7.20. The van der Waals surface area contributed by atoms with Gasteiger partial charge in [-0.15, -0.1) is 0 Å². The lowest BCUT2D eigenvalue weighted by Gasteiger charge is -2.34. The Morgan fingerprint density at radius 1 is 1.29 bits per heavy atom. The maximum absolute atomic E-state index is 12.2. The SMILES string of the molecule is CC(C)(CCBr)CNC(=O)C1(C)CCCCC1. The molecular formula is C14H26BrNO. The molecule has 1 saturated carbocycles. The summed E-state index contributed by atoms with van der Waals surface area (Å²) in [6.45, 7) is 7.32. The van der Waals surface area contributed by atoms with E-state index in [-0.39, 0.29) is 16.7 Å². The van der Waals surface area contributed by atoms with E-state index in [1.54, 1.807) is 0 Å². The van der Waals surface area contributed by atoms with E-state index in [1.807, 2.05) is 0 Å². The molecule has 0 aromatic carbocycles. The molecule has 2 nitrogen and oxygen atoms in total. The summed E-state index contributed by atoms with van der Waals surface area (Å²) in [4.78, 5) is 12.2. The lowest BCUT2D eigenvalue weighted by molar-refractivity contribution is -0.132. The molecule has 1 aliphatic rings. The molecule has 1 aliphatic carbocycles. The van der Waals surface area contributed by atoms with Crippen LogP contribution in [0.4, 0.5) is 0 Å². The fourth-order valence-electron chi connectivity index (χ4n) is 2.44. The average Bonchev–Trinajstić information content (AvgIpc) is 2.27. The van der Waals surface area contributed by atoms with Gasteiger partial charge in [-0.05, 0) is 24.7 Å². The van der Waals surface area contributed by atoms with E-state index in [0.717, 1.165) is 31.1 Å². The monoisotopic (exact) mass is 303 g/mol. The summed E-state index contributed by atoms with van der Waals surface area (Å²) < 4.78 is 0. The van der Waals surface area contributed by atoms with E-state index in [1.165, 1.54) is 19.3 Å². The van der Waals surface area contributed by atoms with Crippen LogP contribution in [0.15, 0.2) is 0 Å². The van der Waals surface area contributed by atoms with Crippen LogP contribution in [0.3, 0.4) is 0 Å². The zero-order valence-electron chi connectivity index (χ0n) is 11.4. The molecule has 1 rings (SSSR count). The number of hydrogen-bond donors (Lipinski definition) is 1. The molecular weight excluding hydrogens is 278 g/mol. The summed E-state index contributed by atoms with van der Waals surface area (Å²) in [7, 11) is 0. The standard InChI is InChI=1S/C14H26BrNO/c1-13(2,9-10-15)11-16-12(17)14(3)7-5-4-6-8-14/h4-11H2,1-3H3,(H,16,17). The van der Waals surface area contributed by atoms with Gasteiger partial charge in [-0.3, -0.25) is 4.79 Å². The molecule has 17 heavy (non-hydrogen) atoms. The topological polar surface area (TPSA) is 29.1 Å². The number of carbonyl (C=O) groups is 1. The van der Waals surface area contributed by atoms with E-state index in [4.69, 9.17) is 0 Å². The molecule has 0 spiro atoms. The Bertz CT molecular complexity index is 257. The number of nitrogens with one attached hydrogen (secondary N) is 1. The van der Waals surface area contributed by atoms with Crippen LogP contribution < -0.4 is 5.32 Å². The third-order valence-corrected chi connectivity index (χ3v) is 4.40. The predicted molar refractivity (Wildman–Crippen MR) is 76.4 cm³/mol. The minimum atomic E-state index is -0.108. The Hall–Kier alpha value is -0.0500. The number of halogens is 1. The molecule has 0 aromatic heterocycles. The molecule has 1 amide bonds. The summed E-state index contributed by atoms with van der Waals surface area (Å²) in [5.74, 6) is 0.264. The molecule has 0 radical (unpaired) electrons. The average molecular weight is 304 g/mol. The van der Waals surface area contributed by atoms with Gasteiger partial charge in [0.1, 0.15) is 0 Å². The van der Waals surface area contributed by atoms with Crippen molar-refractivity contribution in [3.8, 4) is 0 Å². The van der Waals surface area contributed by atoms with Crippen molar-refractivity contribution in [3.05, 3.63) is 0 Å². The fraction of sp³-hybridized carbons (Fsp3) is 0.929. The Labute approximate surface area is 114 Å². The van der Waals surface area contributed by atoms with Crippen molar-refractivity contribution in [3.63, 3.8) is 0 Å². The van der Waals surface area contributed by atoms with Crippen molar-refractivity contribution < 1.29 is 4.79 Å². The molecule has 0 heterocycles. The molecule has 0 aromatic rings. The first-order chi connectivity index (χ1) is 7.90. The Morgan fingerprint density at radius 3 is 2.41 bits per heavy atom. The minimum Gasteiger partial charge on any atom is -0.355 e. The van der Waals surface area contributed by atoms with Gasteiger partial charge in [-0.1, -0.05) is 56.0 Å². The van der Waals surface area contributed by atoms with Gasteiger partial charge in [0.05, 0.1) is 0 Å². The van der Waals surface area contributed by atoms with Crippen LogP contribution in [0.2, 0.25) is 0 Å². The number of carbonyl (C=O) groups excluding carboxylic acids is 1. The Balaban J connectivity index is 2.43. The molecule has 3 heteroatoms. The third kappa shape index (κ3) is 4.61. The molecule has 0 aliphatic heterocycles. The van der Waals surface area contributed by atoms with Gasteiger partial charge in [-0.25, -0.2) is 0 Å². The molecule has 0 atom stereocenters. The first-order valence-corrected chi connectivity index (χ1v) is 7.86. The first kappa shape index (κ1) is 15.0. The van der Waals surface area contributed by atoms with Gasteiger partial charge in [0.2, 0.25) is 5.91 Å². The number of hydrogen-bond acceptors (Lipinski definition) is 1. The highest BCUT2D eigenvalue weighted by Crippen LogP contribution is 2.36. The summed E-state index contributed by atoms with van der Waals surface area (Å²) >= 11 is 3.47. The Morgan fingerprint density at radius 2 is 1.88 bits per heavy atom. The molecule has 100 valence electrons. The van der Waals surface area contributed by atoms with Gasteiger partial charge in [0.15, 0.2) is 0 Å². The van der Waals surface area contributed by atoms with Gasteiger partial charge >= 0.3 is 0 Å². The van der Waals surface area contributed by atoms with Crippen LogP contribution in [0.1, 0.15) is 59.3 Å². The summed E-state index contributed by atoms with van der Waals surface area (Å²) in [5.41, 5.74) is 0.0763. The smallest absolute Gasteiger partial charge is 0.225 e. The third-order valence-electron chi connectivity index (χ3n) is 4.00. The van der Waals surface area contributed by atoms with Crippen LogP contribution in [0.5, 0.6) is 0 Å². The first-order valence-electron chi connectivity index (χ1n) is 6.74. The zero-order chi connectivity index (χ0) is 12.9. The highest BCUT2D eigenvalue weighted by molar-refractivity contribution is 9.09. The summed E-state index contributed by atoms with van der Waals surface area (Å²) in [6, 6.07) is 0. The van der Waals surface area contributed by atoms with E-state index in [9.17, 15) is 4.79 Å². The number of amides is 1. The Kier molecular flexibility index (Phi) is 5.49. The highest BCUT2D eigenvalue weighted by atomic mass is 79.9. The molecule has 1 N–H and O–H groups in total. The fourth-order valence-corrected chi connectivity index (χ4v) is 3.51. The number of rotatable bonds is 5. The van der Waals surface area contributed by atoms with Gasteiger partial charge in [0, 0.05) is 17.3 Å². The van der Waals surface area contributed by atoms with Crippen molar-refractivity contribution >= 4 is 21.8 Å². The van der Waals surface area contributed by atoms with Crippen molar-refractivity contribution in [2.75, 3.05) is 11.9 Å². The van der Waals surface area contributed by atoms with Gasteiger partial charge in [-0.2, -0.15) is 0 Å². The van der Waals surface area contributed by atoms with Crippen molar-refractivity contribution in [2.24, 2.45) is 10.8 Å². The quantitative estimate of drug-likeness (QED) is 0.767. The maximum atomic E-state index is 12.2. The number of alkyl halides is 1. The summed E-state index contributed by atoms with van der Waals surface area (Å²) in [6.07, 6.45) is 6.89. The molecule has 0 unspecified atom stereocenters. The van der Waals surface area contributed by atoms with E-state index < -0.39 is 0 Å². The summed E-state index contributed by atoms with van der Waals surface area (Å²) in [5, 5.41) is 4.15. The van der Waals surface area contributed by atoms with Crippen LogP contribution in [0.25, 0.3) is 0 Å². The normalized spacial score (nSPS) is 20.0. The van der Waals surface area contributed by atoms with E-state index >= 15 is 0 Å². The van der Waals surface area contributed by atoms with Crippen LogP contribution in [-0.2, 0) is 4.79 Å². The highest BCUT2D eigenvalue weighted by Gasteiger charge is 2.34. The predicted octanol–water partition coefficient (Wildman–Crippen LogP) is 3.88. The van der Waals surface area contributed by atoms with Gasteiger partial charge < -0.3 is 5.32 Å². The van der Waals surface area contributed by atoms with Gasteiger partial charge in [0.25, 0.3) is 0 Å². The minimum absolute atomic E-state index is 0.108. The van der Waals surface area contributed by atoms with E-state index in [0.29, 0.717) is 0 Å². The zero-order valence-corrected chi connectivity index (χ0v) is 13.0. The van der Waals surface area contributed by atoms with Crippen LogP contribution >= 0.6 is 15.9 Å². The largest absolute Gasteiger partial charge is 0.355 e. The lowest BCUT2D eigenvalue weighted by atomic mass is 9.75. The second kappa shape index (κ2) is 6.21. The lowest BCUT2D eigenvalue weighted by Crippen LogP contribution is -2.43. The van der Waals surface area contributed by atoms with E-state index in [2.05, 4.69) is 42.0 Å². The van der Waals surface area contributed by atoms with Crippen molar-refractivity contribution in [1.29, 1.82) is 0 Å². The van der Waals surface area contributed by atoms with Crippen molar-refractivity contribution in [2.45, 2.75) is 59.3 Å². The maximum Gasteiger partial charge on any atom is 0.225 e. The van der Waals surface area contributed by atoms with Crippen LogP contribution in [-0.4, -0.2) is 17.8 Å². The van der Waals surface area contributed by atoms with Crippen molar-refractivity contribution in [1.82, 2.24) is 5.32 Å².